The Morgan fingerprint density at radius 1 is 0.935 bits per heavy atom. The number of aromatic nitrogens is 1. The number of benzene rings is 2. The molecule has 3 heterocycles. The second-order valence-electron chi connectivity index (χ2n) is 8.81. The fraction of sp³-hybridized carbons (Fsp3) is 0.400. The summed E-state index contributed by atoms with van der Waals surface area (Å²) in [6.07, 6.45) is 4.73. The van der Waals surface area contributed by atoms with E-state index in [1.54, 1.807) is 0 Å². The molecule has 0 bridgehead atoms. The minimum Gasteiger partial charge on any atom is -0.454 e. The van der Waals surface area contributed by atoms with Crippen LogP contribution in [0.1, 0.15) is 40.0 Å². The van der Waals surface area contributed by atoms with Gasteiger partial charge in [0.15, 0.2) is 11.5 Å². The minimum absolute atomic E-state index is 0.149. The summed E-state index contributed by atoms with van der Waals surface area (Å²) in [6.45, 7) is 4.43. The zero-order chi connectivity index (χ0) is 20.8. The van der Waals surface area contributed by atoms with Crippen LogP contribution in [0.2, 0.25) is 0 Å². The number of piperazine rings is 1. The van der Waals surface area contributed by atoms with Crippen molar-refractivity contribution in [1.29, 1.82) is 0 Å². The first-order chi connectivity index (χ1) is 15.2. The average molecular weight is 418 g/mol. The Morgan fingerprint density at radius 2 is 1.77 bits per heavy atom. The lowest BCUT2D eigenvalue weighted by Crippen LogP contribution is -2.48. The van der Waals surface area contributed by atoms with Gasteiger partial charge in [0.1, 0.15) is 0 Å². The van der Waals surface area contributed by atoms with Crippen molar-refractivity contribution in [1.82, 2.24) is 14.8 Å². The Hall–Kier alpha value is -2.99. The standard InChI is InChI=1S/C25H27N3O3/c29-25(18-6-7-22-20(14-18)19-3-1-2-4-21(19)26-22)28-11-9-27(10-12-28)15-17-5-8-23-24(13-17)31-16-30-23/h5-8,13-14,26H,1-4,9-12,15-16H2. The van der Waals surface area contributed by atoms with Gasteiger partial charge in [0.25, 0.3) is 5.91 Å². The lowest BCUT2D eigenvalue weighted by molar-refractivity contribution is 0.0628. The molecule has 3 aromatic rings. The van der Waals surface area contributed by atoms with Crippen molar-refractivity contribution < 1.29 is 14.3 Å². The van der Waals surface area contributed by atoms with Gasteiger partial charge >= 0.3 is 0 Å². The molecule has 6 heteroatoms. The molecule has 3 aliphatic rings. The number of aromatic amines is 1. The molecule has 2 aromatic carbocycles. The molecule has 0 saturated carbocycles. The number of ether oxygens (including phenoxy) is 2. The molecule has 1 fully saturated rings. The first kappa shape index (κ1) is 18.8. The highest BCUT2D eigenvalue weighted by Gasteiger charge is 2.24. The van der Waals surface area contributed by atoms with Crippen LogP contribution in [0.3, 0.4) is 0 Å². The molecule has 6 rings (SSSR count). The van der Waals surface area contributed by atoms with Gasteiger partial charge in [-0.3, -0.25) is 9.69 Å². The summed E-state index contributed by atoms with van der Waals surface area (Å²) < 4.78 is 10.9. The molecule has 2 aliphatic heterocycles. The van der Waals surface area contributed by atoms with Gasteiger partial charge < -0.3 is 19.4 Å². The van der Waals surface area contributed by atoms with Crippen LogP contribution < -0.4 is 9.47 Å². The van der Waals surface area contributed by atoms with Gasteiger partial charge in [0.2, 0.25) is 6.79 Å². The third-order valence-electron chi connectivity index (χ3n) is 6.85. The summed E-state index contributed by atoms with van der Waals surface area (Å²) in [5, 5.41) is 1.24. The Balaban J connectivity index is 1.12. The molecular weight excluding hydrogens is 390 g/mol. The predicted molar refractivity (Wildman–Crippen MR) is 119 cm³/mol. The van der Waals surface area contributed by atoms with Gasteiger partial charge in [-0.1, -0.05) is 6.07 Å². The zero-order valence-corrected chi connectivity index (χ0v) is 17.7. The van der Waals surface area contributed by atoms with Crippen molar-refractivity contribution in [3.63, 3.8) is 0 Å². The second kappa shape index (κ2) is 7.61. The van der Waals surface area contributed by atoms with Crippen LogP contribution in [0, 0.1) is 0 Å². The topological polar surface area (TPSA) is 57.8 Å². The van der Waals surface area contributed by atoms with Gasteiger partial charge in [0.05, 0.1) is 0 Å². The van der Waals surface area contributed by atoms with Gasteiger partial charge in [-0.15, -0.1) is 0 Å². The van der Waals surface area contributed by atoms with Crippen molar-refractivity contribution in [2.75, 3.05) is 33.0 Å². The van der Waals surface area contributed by atoms with Crippen LogP contribution in [0.15, 0.2) is 36.4 Å². The minimum atomic E-state index is 0.149. The SMILES string of the molecule is O=C(c1ccc2[nH]c3c(c2c1)CCCC3)N1CCN(Cc2ccc3c(c2)OCO3)CC1. The number of H-pyrrole nitrogens is 1. The lowest BCUT2D eigenvalue weighted by Gasteiger charge is -2.34. The second-order valence-corrected chi connectivity index (χ2v) is 8.81. The van der Waals surface area contributed by atoms with Crippen LogP contribution in [0.5, 0.6) is 11.5 Å². The predicted octanol–water partition coefficient (Wildman–Crippen LogP) is 3.73. The summed E-state index contributed by atoms with van der Waals surface area (Å²) in [7, 11) is 0. The molecule has 1 saturated heterocycles. The maximum atomic E-state index is 13.2. The van der Waals surface area contributed by atoms with E-state index in [9.17, 15) is 4.79 Å². The summed E-state index contributed by atoms with van der Waals surface area (Å²) in [5.41, 5.74) is 5.97. The monoisotopic (exact) mass is 417 g/mol. The molecular formula is C25H27N3O3. The first-order valence-corrected chi connectivity index (χ1v) is 11.3. The summed E-state index contributed by atoms with van der Waals surface area (Å²) in [4.78, 5) is 21.1. The normalized spacial score (nSPS) is 18.4. The Bertz CT molecular complexity index is 1140. The van der Waals surface area contributed by atoms with Gasteiger partial charge in [0, 0.05) is 54.9 Å². The molecule has 6 nitrogen and oxygen atoms in total. The number of nitrogens with zero attached hydrogens (tertiary/aromatic N) is 2. The Morgan fingerprint density at radius 3 is 2.68 bits per heavy atom. The fourth-order valence-electron chi connectivity index (χ4n) is 5.13. The molecule has 160 valence electrons. The van der Waals surface area contributed by atoms with Crippen molar-refractivity contribution in [3.8, 4) is 11.5 Å². The Labute approximate surface area is 181 Å². The summed E-state index contributed by atoms with van der Waals surface area (Å²) >= 11 is 0. The molecule has 0 radical (unpaired) electrons. The maximum absolute atomic E-state index is 13.2. The highest BCUT2D eigenvalue weighted by molar-refractivity contribution is 5.99. The average Bonchev–Trinajstić information content (AvgIpc) is 3.42. The molecule has 0 atom stereocenters. The van der Waals surface area contributed by atoms with E-state index in [0.717, 1.165) is 68.1 Å². The van der Waals surface area contributed by atoms with Crippen molar-refractivity contribution in [3.05, 3.63) is 58.8 Å². The summed E-state index contributed by atoms with van der Waals surface area (Å²) in [5.74, 6) is 1.80. The molecule has 0 unspecified atom stereocenters. The number of carbonyl (C=O) groups is 1. The van der Waals surface area contributed by atoms with E-state index >= 15 is 0 Å². The van der Waals surface area contributed by atoms with E-state index in [-0.39, 0.29) is 5.91 Å². The quantitative estimate of drug-likeness (QED) is 0.706. The molecule has 0 spiro atoms. The molecule has 1 amide bonds. The van der Waals surface area contributed by atoms with Crippen molar-refractivity contribution in [2.24, 2.45) is 0 Å². The number of aryl methyl sites for hydroxylation is 2. The van der Waals surface area contributed by atoms with Gasteiger partial charge in [-0.25, -0.2) is 0 Å². The lowest BCUT2D eigenvalue weighted by atomic mass is 9.95. The number of amides is 1. The van der Waals surface area contributed by atoms with E-state index in [4.69, 9.17) is 9.47 Å². The highest BCUT2D eigenvalue weighted by atomic mass is 16.7. The highest BCUT2D eigenvalue weighted by Crippen LogP contribution is 2.33. The van der Waals surface area contributed by atoms with Crippen molar-refractivity contribution >= 4 is 16.8 Å². The van der Waals surface area contributed by atoms with Gasteiger partial charge in [-0.2, -0.15) is 0 Å². The number of carbonyl (C=O) groups excluding carboxylic acids is 1. The number of fused-ring (bicyclic) bond motifs is 4. The maximum Gasteiger partial charge on any atom is 0.253 e. The van der Waals surface area contributed by atoms with Crippen LogP contribution in [-0.4, -0.2) is 53.7 Å². The van der Waals surface area contributed by atoms with Gasteiger partial charge in [-0.05, 0) is 67.1 Å². The number of nitrogens with one attached hydrogen (secondary N) is 1. The van der Waals surface area contributed by atoms with E-state index in [0.29, 0.717) is 6.79 Å². The van der Waals surface area contributed by atoms with Crippen molar-refractivity contribution in [2.45, 2.75) is 32.2 Å². The van der Waals surface area contributed by atoms with E-state index in [1.807, 2.05) is 17.0 Å². The molecule has 1 aromatic heterocycles. The molecule has 1 aliphatic carbocycles. The van der Waals surface area contributed by atoms with Crippen LogP contribution in [0.25, 0.3) is 10.9 Å². The van der Waals surface area contributed by atoms with E-state index in [2.05, 4.69) is 34.1 Å². The first-order valence-electron chi connectivity index (χ1n) is 11.3. The van der Waals surface area contributed by atoms with E-state index in [1.165, 1.54) is 35.0 Å². The number of hydrogen-bond donors (Lipinski definition) is 1. The van der Waals surface area contributed by atoms with Crippen LogP contribution in [-0.2, 0) is 19.4 Å². The fourth-order valence-corrected chi connectivity index (χ4v) is 5.13. The van der Waals surface area contributed by atoms with Crippen LogP contribution >= 0.6 is 0 Å². The molecule has 1 N–H and O–H groups in total. The smallest absolute Gasteiger partial charge is 0.253 e. The molecule has 31 heavy (non-hydrogen) atoms. The Kier molecular flexibility index (Phi) is 4.60. The summed E-state index contributed by atoms with van der Waals surface area (Å²) in [6, 6.07) is 12.3. The largest absolute Gasteiger partial charge is 0.454 e. The number of rotatable bonds is 3. The zero-order valence-electron chi connectivity index (χ0n) is 17.7. The number of hydrogen-bond acceptors (Lipinski definition) is 4. The third-order valence-corrected chi connectivity index (χ3v) is 6.85. The van der Waals surface area contributed by atoms with Crippen LogP contribution in [0.4, 0.5) is 0 Å². The van der Waals surface area contributed by atoms with E-state index < -0.39 is 0 Å². The third kappa shape index (κ3) is 3.45.